The molecule has 0 aliphatic heterocycles. The van der Waals surface area contributed by atoms with Crippen LogP contribution in [-0.4, -0.2) is 12.5 Å². The third-order valence-corrected chi connectivity index (χ3v) is 3.76. The fourth-order valence-electron chi connectivity index (χ4n) is 2.48. The van der Waals surface area contributed by atoms with Crippen LogP contribution in [0.2, 0.25) is 0 Å². The molecule has 4 nitrogen and oxygen atoms in total. The van der Waals surface area contributed by atoms with Crippen molar-refractivity contribution in [3.8, 4) is 0 Å². The van der Waals surface area contributed by atoms with Crippen molar-refractivity contribution in [1.29, 1.82) is 0 Å². The average Bonchev–Trinajstić information content (AvgIpc) is 2.65. The molecule has 0 bridgehead atoms. The van der Waals surface area contributed by atoms with Crippen molar-refractivity contribution < 1.29 is 14.2 Å². The monoisotopic (exact) mass is 336 g/mol. The predicted molar refractivity (Wildman–Crippen MR) is 96.0 cm³/mol. The van der Waals surface area contributed by atoms with Crippen molar-refractivity contribution in [2.24, 2.45) is 0 Å². The molecule has 126 valence electrons. The maximum Gasteiger partial charge on any atom is 0.285 e. The van der Waals surface area contributed by atoms with Crippen LogP contribution in [0.25, 0.3) is 0 Å². The van der Waals surface area contributed by atoms with Gasteiger partial charge in [-0.3, -0.25) is 10.1 Å². The van der Waals surface area contributed by atoms with E-state index >= 15 is 0 Å². The van der Waals surface area contributed by atoms with Crippen LogP contribution < -0.4 is 15.6 Å². The second-order valence-electron chi connectivity index (χ2n) is 5.58. The lowest BCUT2D eigenvalue weighted by Gasteiger charge is -2.07. The SMILES string of the molecule is O=C(Nc1ccc(F)cc1)c1ccc[nH+]c1NCCc1ccccc1. The summed E-state index contributed by atoms with van der Waals surface area (Å²) in [6.45, 7) is 0.696. The maximum atomic E-state index is 13.0. The minimum absolute atomic E-state index is 0.259. The van der Waals surface area contributed by atoms with Crippen molar-refractivity contribution in [2.45, 2.75) is 6.42 Å². The van der Waals surface area contributed by atoms with Gasteiger partial charge < -0.3 is 5.32 Å². The highest BCUT2D eigenvalue weighted by Crippen LogP contribution is 2.14. The molecular weight excluding hydrogens is 317 g/mol. The number of anilines is 2. The molecule has 1 amide bonds. The van der Waals surface area contributed by atoms with Crippen molar-refractivity contribution in [2.75, 3.05) is 17.2 Å². The second kappa shape index (κ2) is 8.06. The Labute approximate surface area is 145 Å². The Morgan fingerprint density at radius 3 is 2.48 bits per heavy atom. The molecule has 3 rings (SSSR count). The van der Waals surface area contributed by atoms with Gasteiger partial charge in [-0.2, -0.15) is 0 Å². The van der Waals surface area contributed by atoms with Gasteiger partial charge in [0, 0.05) is 12.1 Å². The van der Waals surface area contributed by atoms with Gasteiger partial charge in [-0.1, -0.05) is 30.3 Å². The third kappa shape index (κ3) is 4.64. The Morgan fingerprint density at radius 2 is 1.72 bits per heavy atom. The normalized spacial score (nSPS) is 10.3. The summed E-state index contributed by atoms with van der Waals surface area (Å²) in [5.74, 6) is 0.0537. The van der Waals surface area contributed by atoms with Gasteiger partial charge >= 0.3 is 0 Å². The van der Waals surface area contributed by atoms with Crippen LogP contribution in [0.4, 0.5) is 15.9 Å². The summed E-state index contributed by atoms with van der Waals surface area (Å²) in [7, 11) is 0. The number of benzene rings is 2. The van der Waals surface area contributed by atoms with Gasteiger partial charge in [-0.15, -0.1) is 0 Å². The number of carbonyl (C=O) groups is 1. The number of hydrogen-bond acceptors (Lipinski definition) is 2. The smallest absolute Gasteiger partial charge is 0.285 e. The Morgan fingerprint density at radius 1 is 0.960 bits per heavy atom. The van der Waals surface area contributed by atoms with Crippen molar-refractivity contribution in [1.82, 2.24) is 0 Å². The Bertz CT molecular complexity index is 835. The molecule has 0 saturated carbocycles. The van der Waals surface area contributed by atoms with Crippen molar-refractivity contribution >= 4 is 17.4 Å². The van der Waals surface area contributed by atoms with E-state index in [9.17, 15) is 9.18 Å². The number of pyridine rings is 1. The molecule has 0 radical (unpaired) electrons. The molecule has 1 aromatic heterocycles. The molecule has 3 N–H and O–H groups in total. The average molecular weight is 336 g/mol. The minimum Gasteiger partial charge on any atom is -0.322 e. The van der Waals surface area contributed by atoms with Crippen LogP contribution in [0.5, 0.6) is 0 Å². The van der Waals surface area contributed by atoms with Crippen LogP contribution in [0.1, 0.15) is 15.9 Å². The second-order valence-corrected chi connectivity index (χ2v) is 5.58. The molecule has 0 saturated heterocycles. The van der Waals surface area contributed by atoms with Crippen LogP contribution in [0.15, 0.2) is 72.9 Å². The van der Waals surface area contributed by atoms with Gasteiger partial charge in [0.25, 0.3) is 11.7 Å². The zero-order chi connectivity index (χ0) is 17.5. The summed E-state index contributed by atoms with van der Waals surface area (Å²) in [6.07, 6.45) is 2.61. The fourth-order valence-corrected chi connectivity index (χ4v) is 2.48. The summed E-state index contributed by atoms with van der Waals surface area (Å²) in [5.41, 5.74) is 2.27. The van der Waals surface area contributed by atoms with E-state index in [4.69, 9.17) is 0 Å². The molecule has 2 aromatic carbocycles. The molecular formula is C20H19FN3O+. The highest BCUT2D eigenvalue weighted by atomic mass is 19.1. The molecule has 25 heavy (non-hydrogen) atoms. The summed E-state index contributed by atoms with van der Waals surface area (Å²) < 4.78 is 13.0. The molecule has 3 aromatic rings. The van der Waals surface area contributed by atoms with Crippen LogP contribution in [0, 0.1) is 5.82 Å². The number of aromatic amines is 1. The number of aromatic nitrogens is 1. The molecule has 5 heteroatoms. The fraction of sp³-hybridized carbons (Fsp3) is 0.100. The first-order valence-electron chi connectivity index (χ1n) is 8.08. The van der Waals surface area contributed by atoms with Crippen LogP contribution >= 0.6 is 0 Å². The molecule has 0 aliphatic rings. The first-order valence-corrected chi connectivity index (χ1v) is 8.08. The predicted octanol–water partition coefficient (Wildman–Crippen LogP) is 3.55. The van der Waals surface area contributed by atoms with Crippen LogP contribution in [-0.2, 0) is 6.42 Å². The number of hydrogen-bond donors (Lipinski definition) is 2. The molecule has 0 unspecified atom stereocenters. The van der Waals surface area contributed by atoms with Crippen molar-refractivity contribution in [3.63, 3.8) is 0 Å². The zero-order valence-electron chi connectivity index (χ0n) is 13.6. The van der Waals surface area contributed by atoms with Crippen LogP contribution in [0.3, 0.4) is 0 Å². The standard InChI is InChI=1S/C20H18FN3O/c21-16-8-10-17(11-9-16)24-20(25)18-7-4-13-22-19(18)23-14-12-15-5-2-1-3-6-15/h1-11,13H,12,14H2,(H,22,23)(H,24,25)/p+1. The molecule has 0 fully saturated rings. The van der Waals surface area contributed by atoms with Gasteiger partial charge in [-0.05, 0) is 42.0 Å². The number of halogens is 1. The van der Waals surface area contributed by atoms with Gasteiger partial charge in [-0.25, -0.2) is 9.37 Å². The molecule has 0 spiro atoms. The van der Waals surface area contributed by atoms with Crippen molar-refractivity contribution in [3.05, 3.63) is 89.9 Å². The highest BCUT2D eigenvalue weighted by Gasteiger charge is 2.16. The van der Waals surface area contributed by atoms with E-state index in [1.807, 2.05) is 18.2 Å². The number of H-pyrrole nitrogens is 1. The summed E-state index contributed by atoms with van der Waals surface area (Å²) >= 11 is 0. The number of amides is 1. The quantitative estimate of drug-likeness (QED) is 0.723. The van der Waals surface area contributed by atoms with E-state index < -0.39 is 0 Å². The summed E-state index contributed by atoms with van der Waals surface area (Å²) in [4.78, 5) is 15.6. The maximum absolute atomic E-state index is 13.0. The topological polar surface area (TPSA) is 55.3 Å². The van der Waals surface area contributed by atoms with E-state index in [-0.39, 0.29) is 11.7 Å². The van der Waals surface area contributed by atoms with E-state index in [1.165, 1.54) is 29.8 Å². The minimum atomic E-state index is -0.339. The Hall–Kier alpha value is -3.21. The lowest BCUT2D eigenvalue weighted by Crippen LogP contribution is -2.22. The number of rotatable bonds is 6. The van der Waals surface area contributed by atoms with Gasteiger partial charge in [0.1, 0.15) is 11.4 Å². The number of nitrogens with one attached hydrogen (secondary N) is 3. The highest BCUT2D eigenvalue weighted by molar-refractivity contribution is 6.06. The van der Waals surface area contributed by atoms with Gasteiger partial charge in [0.15, 0.2) is 0 Å². The van der Waals surface area contributed by atoms with E-state index in [2.05, 4.69) is 27.8 Å². The Kier molecular flexibility index (Phi) is 5.36. The summed E-state index contributed by atoms with van der Waals surface area (Å²) in [5, 5.41) is 6.03. The lowest BCUT2D eigenvalue weighted by atomic mass is 10.1. The number of carbonyl (C=O) groups excluding carboxylic acids is 1. The van der Waals surface area contributed by atoms with E-state index in [1.54, 1.807) is 18.3 Å². The first kappa shape index (κ1) is 16.6. The third-order valence-electron chi connectivity index (χ3n) is 3.76. The van der Waals surface area contributed by atoms with E-state index in [0.717, 1.165) is 6.42 Å². The van der Waals surface area contributed by atoms with Gasteiger partial charge in [0.2, 0.25) is 0 Å². The summed E-state index contributed by atoms with van der Waals surface area (Å²) in [6, 6.07) is 19.3. The largest absolute Gasteiger partial charge is 0.322 e. The Balaban J connectivity index is 1.65. The lowest BCUT2D eigenvalue weighted by molar-refractivity contribution is -0.361. The molecule has 1 heterocycles. The zero-order valence-corrected chi connectivity index (χ0v) is 13.6. The van der Waals surface area contributed by atoms with E-state index in [0.29, 0.717) is 23.6 Å². The molecule has 0 aliphatic carbocycles. The van der Waals surface area contributed by atoms with Gasteiger partial charge in [0.05, 0.1) is 12.7 Å². The first-order chi connectivity index (χ1) is 12.2. The molecule has 0 atom stereocenters.